The summed E-state index contributed by atoms with van der Waals surface area (Å²) in [5, 5.41) is 3.08. The zero-order valence-electron chi connectivity index (χ0n) is 14.5. The Kier molecular flexibility index (Phi) is 5.95. The molecule has 0 bridgehead atoms. The van der Waals surface area contributed by atoms with E-state index in [9.17, 15) is 4.79 Å². The first-order chi connectivity index (χ1) is 12.3. The Morgan fingerprint density at radius 2 is 2.00 bits per heavy atom. The van der Waals surface area contributed by atoms with Crippen LogP contribution < -0.4 is 10.2 Å². The van der Waals surface area contributed by atoms with Gasteiger partial charge in [0.25, 0.3) is 0 Å². The zero-order valence-corrected chi connectivity index (χ0v) is 14.5. The predicted octanol–water partition coefficient (Wildman–Crippen LogP) is 2.16. The number of hydrogen-bond donors (Lipinski definition) is 1. The summed E-state index contributed by atoms with van der Waals surface area (Å²) in [4.78, 5) is 23.1. The lowest BCUT2D eigenvalue weighted by atomic mass is 9.95. The van der Waals surface area contributed by atoms with Crippen molar-refractivity contribution in [1.29, 1.82) is 0 Å². The highest BCUT2D eigenvalue weighted by Crippen LogP contribution is 2.21. The number of rotatable bonds is 6. The van der Waals surface area contributed by atoms with Crippen molar-refractivity contribution >= 4 is 11.7 Å². The third-order valence-corrected chi connectivity index (χ3v) is 4.61. The van der Waals surface area contributed by atoms with Crippen molar-refractivity contribution in [3.05, 3.63) is 54.0 Å². The van der Waals surface area contributed by atoms with E-state index in [1.807, 2.05) is 24.3 Å². The Morgan fingerprint density at radius 1 is 1.24 bits per heavy atom. The van der Waals surface area contributed by atoms with Crippen LogP contribution in [0.1, 0.15) is 24.0 Å². The van der Waals surface area contributed by atoms with E-state index < -0.39 is 0 Å². The van der Waals surface area contributed by atoms with Gasteiger partial charge < -0.3 is 15.0 Å². The fraction of sp³-hybridized carbons (Fsp3) is 0.421. The van der Waals surface area contributed by atoms with Crippen LogP contribution in [0.25, 0.3) is 0 Å². The van der Waals surface area contributed by atoms with Gasteiger partial charge in [-0.15, -0.1) is 0 Å². The number of anilines is 1. The molecule has 1 aromatic carbocycles. The summed E-state index contributed by atoms with van der Waals surface area (Å²) in [6, 6.07) is 8.04. The number of aromatic nitrogens is 2. The second-order valence-corrected chi connectivity index (χ2v) is 6.24. The average Bonchev–Trinajstić information content (AvgIpc) is 2.68. The molecule has 1 aliphatic rings. The maximum Gasteiger partial charge on any atom is 0.223 e. The predicted molar refractivity (Wildman–Crippen MR) is 96.0 cm³/mol. The number of nitrogens with zero attached hydrogens (tertiary/aromatic N) is 3. The summed E-state index contributed by atoms with van der Waals surface area (Å²) in [6.45, 7) is 2.76. The number of carbonyl (C=O) groups excluding carboxylic acids is 1. The fourth-order valence-electron chi connectivity index (χ4n) is 3.18. The van der Waals surface area contributed by atoms with E-state index in [0.29, 0.717) is 13.2 Å². The van der Waals surface area contributed by atoms with Crippen molar-refractivity contribution in [3.8, 4) is 0 Å². The Hall–Kier alpha value is -2.47. The maximum atomic E-state index is 12.5. The van der Waals surface area contributed by atoms with Gasteiger partial charge in [0.15, 0.2) is 0 Å². The molecule has 3 rings (SSSR count). The molecule has 1 amide bonds. The molecule has 0 atom stereocenters. The third kappa shape index (κ3) is 4.54. The fourth-order valence-corrected chi connectivity index (χ4v) is 3.18. The van der Waals surface area contributed by atoms with Gasteiger partial charge in [0, 0.05) is 45.1 Å². The lowest BCUT2D eigenvalue weighted by Gasteiger charge is -2.31. The standard InChI is InChI=1S/C19H24N4O2/c1-25-14-17-5-3-2-4-16(17)12-22-19(24)15-6-10-23(11-7-15)18-13-20-8-9-21-18/h2-5,8-9,13,15H,6-7,10-12,14H2,1H3,(H,22,24). The molecule has 132 valence electrons. The summed E-state index contributed by atoms with van der Waals surface area (Å²) in [5.74, 6) is 1.07. The average molecular weight is 340 g/mol. The first-order valence-corrected chi connectivity index (χ1v) is 8.62. The van der Waals surface area contributed by atoms with Crippen LogP contribution in [0.2, 0.25) is 0 Å². The number of carbonyl (C=O) groups is 1. The summed E-state index contributed by atoms with van der Waals surface area (Å²) in [6.07, 6.45) is 6.81. The van der Waals surface area contributed by atoms with E-state index in [-0.39, 0.29) is 11.8 Å². The molecule has 0 saturated carbocycles. The molecule has 2 heterocycles. The quantitative estimate of drug-likeness (QED) is 0.873. The van der Waals surface area contributed by atoms with Gasteiger partial charge in [-0.2, -0.15) is 0 Å². The molecule has 1 aliphatic heterocycles. The minimum atomic E-state index is 0.0579. The summed E-state index contributed by atoms with van der Waals surface area (Å²) >= 11 is 0. The lowest BCUT2D eigenvalue weighted by Crippen LogP contribution is -2.40. The molecule has 2 aromatic rings. The van der Waals surface area contributed by atoms with Crippen LogP contribution >= 0.6 is 0 Å². The number of nitrogens with one attached hydrogen (secondary N) is 1. The second-order valence-electron chi connectivity index (χ2n) is 6.24. The van der Waals surface area contributed by atoms with Crippen LogP contribution in [-0.2, 0) is 22.7 Å². The first-order valence-electron chi connectivity index (χ1n) is 8.62. The van der Waals surface area contributed by atoms with Gasteiger partial charge in [0.2, 0.25) is 5.91 Å². The van der Waals surface area contributed by atoms with E-state index in [1.54, 1.807) is 25.7 Å². The van der Waals surface area contributed by atoms with Gasteiger partial charge in [-0.05, 0) is 24.0 Å². The van der Waals surface area contributed by atoms with Crippen molar-refractivity contribution in [2.45, 2.75) is 26.0 Å². The minimum Gasteiger partial charge on any atom is -0.380 e. The topological polar surface area (TPSA) is 67.3 Å². The number of amides is 1. The largest absolute Gasteiger partial charge is 0.380 e. The summed E-state index contributed by atoms with van der Waals surface area (Å²) in [7, 11) is 1.68. The zero-order chi connectivity index (χ0) is 17.5. The van der Waals surface area contributed by atoms with Crippen LogP contribution in [0.15, 0.2) is 42.9 Å². The van der Waals surface area contributed by atoms with Gasteiger partial charge in [0.05, 0.1) is 12.8 Å². The molecule has 1 saturated heterocycles. The molecule has 0 radical (unpaired) electrons. The number of hydrogen-bond acceptors (Lipinski definition) is 5. The second kappa shape index (κ2) is 8.58. The Balaban J connectivity index is 1.50. The smallest absolute Gasteiger partial charge is 0.223 e. The Labute approximate surface area is 148 Å². The molecule has 6 heteroatoms. The van der Waals surface area contributed by atoms with E-state index in [4.69, 9.17) is 4.74 Å². The highest BCUT2D eigenvalue weighted by Gasteiger charge is 2.25. The molecule has 1 fully saturated rings. The van der Waals surface area contributed by atoms with Gasteiger partial charge in [0.1, 0.15) is 5.82 Å². The third-order valence-electron chi connectivity index (χ3n) is 4.61. The number of methoxy groups -OCH3 is 1. The highest BCUT2D eigenvalue weighted by molar-refractivity contribution is 5.79. The van der Waals surface area contributed by atoms with Crippen molar-refractivity contribution in [3.63, 3.8) is 0 Å². The van der Waals surface area contributed by atoms with E-state index in [1.165, 1.54) is 0 Å². The van der Waals surface area contributed by atoms with Gasteiger partial charge in [-0.3, -0.25) is 9.78 Å². The number of piperidine rings is 1. The van der Waals surface area contributed by atoms with Gasteiger partial charge in [-0.1, -0.05) is 24.3 Å². The molecule has 0 spiro atoms. The van der Waals surface area contributed by atoms with E-state index in [0.717, 1.165) is 42.9 Å². The molecule has 25 heavy (non-hydrogen) atoms. The first kappa shape index (κ1) is 17.4. The molecule has 0 aliphatic carbocycles. The monoisotopic (exact) mass is 340 g/mol. The Morgan fingerprint density at radius 3 is 2.68 bits per heavy atom. The highest BCUT2D eigenvalue weighted by atomic mass is 16.5. The van der Waals surface area contributed by atoms with Crippen molar-refractivity contribution in [2.24, 2.45) is 5.92 Å². The van der Waals surface area contributed by atoms with Crippen molar-refractivity contribution in [2.75, 3.05) is 25.1 Å². The summed E-state index contributed by atoms with van der Waals surface area (Å²) in [5.41, 5.74) is 2.22. The van der Waals surface area contributed by atoms with Crippen molar-refractivity contribution < 1.29 is 9.53 Å². The SMILES string of the molecule is COCc1ccccc1CNC(=O)C1CCN(c2cnccn2)CC1. The van der Waals surface area contributed by atoms with E-state index >= 15 is 0 Å². The normalized spacial score (nSPS) is 15.2. The molecule has 0 unspecified atom stereocenters. The molecular formula is C19H24N4O2. The van der Waals surface area contributed by atoms with Crippen LogP contribution in [0.3, 0.4) is 0 Å². The number of benzene rings is 1. The van der Waals surface area contributed by atoms with Crippen LogP contribution in [0.4, 0.5) is 5.82 Å². The van der Waals surface area contributed by atoms with E-state index in [2.05, 4.69) is 20.2 Å². The number of ether oxygens (including phenoxy) is 1. The molecular weight excluding hydrogens is 316 g/mol. The lowest BCUT2D eigenvalue weighted by molar-refractivity contribution is -0.125. The van der Waals surface area contributed by atoms with Crippen LogP contribution in [-0.4, -0.2) is 36.1 Å². The maximum absolute atomic E-state index is 12.5. The summed E-state index contributed by atoms with van der Waals surface area (Å²) < 4.78 is 5.22. The van der Waals surface area contributed by atoms with Crippen molar-refractivity contribution in [1.82, 2.24) is 15.3 Å². The van der Waals surface area contributed by atoms with Gasteiger partial charge >= 0.3 is 0 Å². The molecule has 6 nitrogen and oxygen atoms in total. The minimum absolute atomic E-state index is 0.0579. The molecule has 1 N–H and O–H groups in total. The molecule has 1 aromatic heterocycles. The van der Waals surface area contributed by atoms with Crippen LogP contribution in [0.5, 0.6) is 0 Å². The van der Waals surface area contributed by atoms with Gasteiger partial charge in [-0.25, -0.2) is 4.98 Å². The Bertz CT molecular complexity index is 685. The van der Waals surface area contributed by atoms with Crippen LogP contribution in [0, 0.1) is 5.92 Å².